The number of hydrogen-bond acceptors (Lipinski definition) is 7. The van der Waals surface area contributed by atoms with Crippen LogP contribution in [0.2, 0.25) is 0 Å². The molecular formula is C39H39N5O4. The monoisotopic (exact) mass is 641 g/mol. The Morgan fingerprint density at radius 3 is 1.60 bits per heavy atom. The normalized spacial score (nSPS) is 18.1. The van der Waals surface area contributed by atoms with Crippen molar-refractivity contribution in [3.8, 4) is 11.5 Å². The second-order valence-corrected chi connectivity index (χ2v) is 12.2. The van der Waals surface area contributed by atoms with Crippen molar-refractivity contribution in [2.45, 2.75) is 44.3 Å². The first-order valence-corrected chi connectivity index (χ1v) is 15.9. The van der Waals surface area contributed by atoms with E-state index in [1.807, 2.05) is 54.6 Å². The number of carboxylic acids is 1. The van der Waals surface area contributed by atoms with Crippen LogP contribution in [0.1, 0.15) is 65.9 Å². The molecule has 3 N–H and O–H groups in total. The minimum Gasteiger partial charge on any atom is -0.482 e. The zero-order valence-corrected chi connectivity index (χ0v) is 25.9. The van der Waals surface area contributed by atoms with Crippen molar-refractivity contribution in [2.24, 2.45) is 0 Å². The minimum absolute atomic E-state index is 0. The highest BCUT2D eigenvalue weighted by atomic mass is 16.5. The summed E-state index contributed by atoms with van der Waals surface area (Å²) in [5.41, 5.74) is 5.77. The van der Waals surface area contributed by atoms with Crippen molar-refractivity contribution in [3.05, 3.63) is 137 Å². The number of ether oxygens (including phenoxy) is 2. The molecule has 2 fully saturated rings. The molecular weight excluding hydrogens is 602 g/mol. The number of nitrogens with zero attached hydrogens (tertiary/aromatic N) is 3. The largest absolute Gasteiger partial charge is 0.482 e. The van der Waals surface area contributed by atoms with Crippen molar-refractivity contribution in [1.82, 2.24) is 20.6 Å². The lowest BCUT2D eigenvalue weighted by atomic mass is 9.83. The zero-order valence-electron chi connectivity index (χ0n) is 25.9. The van der Waals surface area contributed by atoms with Gasteiger partial charge >= 0.3 is 5.97 Å². The number of aromatic nitrogens is 2. The molecule has 2 aromatic heterocycles. The molecule has 8 rings (SSSR count). The Kier molecular flexibility index (Phi) is 9.40. The van der Waals surface area contributed by atoms with Gasteiger partial charge in [-0.3, -0.25) is 0 Å². The summed E-state index contributed by atoms with van der Waals surface area (Å²) in [4.78, 5) is 22.7. The lowest BCUT2D eigenvalue weighted by Gasteiger charge is -2.40. The first kappa shape index (κ1) is 32.6. The van der Waals surface area contributed by atoms with E-state index in [4.69, 9.17) is 21.2 Å². The standard InChI is InChI=1S/C19H17N3O.C19H18N2O3.CH4/c1-20-18-7-6-14(13-22-18)16-12-19(8-10-21-11-9-19)23-17-5-3-2-4-15(16)17;22-18(23)16-6-5-13(12-21-16)15-11-19(7-9-20-10-8-19)24-17-4-2-1-3-14(15)17;/h2-7,12-13,21H,8-11H2;1-6,11-12,20H,7-10H2,(H,22,23);1H4. The quantitative estimate of drug-likeness (QED) is 0.207. The molecule has 0 saturated carbocycles. The number of piperidine rings is 2. The second kappa shape index (κ2) is 13.8. The van der Waals surface area contributed by atoms with Gasteiger partial charge in [-0.25, -0.2) is 9.78 Å². The Hall–Kier alpha value is -5.30. The Labute approximate surface area is 281 Å². The van der Waals surface area contributed by atoms with Gasteiger partial charge in [0.1, 0.15) is 34.6 Å². The number of para-hydroxylation sites is 2. The summed E-state index contributed by atoms with van der Waals surface area (Å²) in [6.45, 7) is 10.8. The fourth-order valence-corrected chi connectivity index (χ4v) is 6.70. The van der Waals surface area contributed by atoms with Crippen LogP contribution in [0.5, 0.6) is 11.5 Å². The minimum atomic E-state index is -1.02. The van der Waals surface area contributed by atoms with Crippen LogP contribution in [-0.4, -0.2) is 58.4 Å². The van der Waals surface area contributed by atoms with Gasteiger partial charge in [0.2, 0.25) is 0 Å². The van der Waals surface area contributed by atoms with E-state index in [-0.39, 0.29) is 24.3 Å². The lowest BCUT2D eigenvalue weighted by Crippen LogP contribution is -2.46. The van der Waals surface area contributed by atoms with Crippen molar-refractivity contribution in [2.75, 3.05) is 26.2 Å². The summed E-state index contributed by atoms with van der Waals surface area (Å²) in [5.74, 6) is 1.21. The average Bonchev–Trinajstić information content (AvgIpc) is 3.12. The third kappa shape index (κ3) is 6.58. The van der Waals surface area contributed by atoms with Gasteiger partial charge in [0.05, 0.1) is 0 Å². The highest BCUT2D eigenvalue weighted by Gasteiger charge is 2.38. The molecule has 0 amide bonds. The third-order valence-corrected chi connectivity index (χ3v) is 9.16. The van der Waals surface area contributed by atoms with Crippen molar-refractivity contribution in [1.29, 1.82) is 0 Å². The Morgan fingerprint density at radius 1 is 0.708 bits per heavy atom. The summed E-state index contributed by atoms with van der Waals surface area (Å²) in [7, 11) is 0. The lowest BCUT2D eigenvalue weighted by molar-refractivity contribution is 0.0690. The fraction of sp³-hybridized carbons (Fsp3) is 0.282. The first-order valence-electron chi connectivity index (χ1n) is 15.9. The number of rotatable bonds is 3. The molecule has 9 heteroatoms. The molecule has 244 valence electrons. The summed E-state index contributed by atoms with van der Waals surface area (Å²) in [6, 6.07) is 23.2. The van der Waals surface area contributed by atoms with Crippen molar-refractivity contribution >= 4 is 22.9 Å². The van der Waals surface area contributed by atoms with Gasteiger partial charge in [-0.1, -0.05) is 62.5 Å². The zero-order chi connectivity index (χ0) is 32.3. The molecule has 4 aromatic rings. The van der Waals surface area contributed by atoms with E-state index in [1.165, 1.54) is 0 Å². The van der Waals surface area contributed by atoms with Gasteiger partial charge in [-0.15, -0.1) is 4.98 Å². The van der Waals surface area contributed by atoms with Gasteiger partial charge in [-0.2, -0.15) is 0 Å². The van der Waals surface area contributed by atoms with Crippen molar-refractivity contribution in [3.63, 3.8) is 0 Å². The molecule has 9 nitrogen and oxygen atoms in total. The number of nitrogens with one attached hydrogen (secondary N) is 2. The predicted octanol–water partition coefficient (Wildman–Crippen LogP) is 6.94. The van der Waals surface area contributed by atoms with E-state index in [0.29, 0.717) is 5.82 Å². The first-order chi connectivity index (χ1) is 23.0. The molecule has 6 heterocycles. The highest BCUT2D eigenvalue weighted by Crippen LogP contribution is 2.43. The highest BCUT2D eigenvalue weighted by molar-refractivity contribution is 5.88. The van der Waals surface area contributed by atoms with Gasteiger partial charge in [-0.05, 0) is 73.7 Å². The molecule has 2 aromatic carbocycles. The van der Waals surface area contributed by atoms with Crippen LogP contribution in [0.4, 0.5) is 5.82 Å². The van der Waals surface area contributed by atoms with Crippen LogP contribution in [0.15, 0.2) is 97.3 Å². The van der Waals surface area contributed by atoms with Crippen LogP contribution < -0.4 is 20.1 Å². The van der Waals surface area contributed by atoms with Crippen molar-refractivity contribution < 1.29 is 19.4 Å². The van der Waals surface area contributed by atoms with Crippen LogP contribution in [-0.2, 0) is 0 Å². The summed E-state index contributed by atoms with van der Waals surface area (Å²) in [5, 5.41) is 15.8. The van der Waals surface area contributed by atoms with Crippen LogP contribution in [0.3, 0.4) is 0 Å². The average molecular weight is 642 g/mol. The number of hydrogen-bond donors (Lipinski definition) is 3. The molecule has 0 bridgehead atoms. The van der Waals surface area contributed by atoms with Crippen LogP contribution >= 0.6 is 0 Å². The maximum atomic E-state index is 11.0. The molecule has 0 unspecified atom stereocenters. The summed E-state index contributed by atoms with van der Waals surface area (Å²) < 4.78 is 12.7. The molecule has 2 spiro atoms. The van der Waals surface area contributed by atoms with E-state index >= 15 is 0 Å². The van der Waals surface area contributed by atoms with Gasteiger partial charge in [0, 0.05) is 54.1 Å². The van der Waals surface area contributed by atoms with Gasteiger partial charge in [0.15, 0.2) is 0 Å². The van der Waals surface area contributed by atoms with Crippen LogP contribution in [0, 0.1) is 6.57 Å². The van der Waals surface area contributed by atoms with Gasteiger partial charge in [0.25, 0.3) is 5.82 Å². The Balaban J connectivity index is 0.000000164. The van der Waals surface area contributed by atoms with E-state index in [0.717, 1.165) is 96.8 Å². The Bertz CT molecular complexity index is 1880. The maximum absolute atomic E-state index is 11.0. The summed E-state index contributed by atoms with van der Waals surface area (Å²) >= 11 is 0. The molecule has 0 radical (unpaired) electrons. The molecule has 0 atom stereocenters. The molecule has 48 heavy (non-hydrogen) atoms. The molecule has 4 aliphatic rings. The van der Waals surface area contributed by atoms with E-state index < -0.39 is 5.97 Å². The number of aromatic carboxylic acids is 1. The van der Waals surface area contributed by atoms with Crippen LogP contribution in [0.25, 0.3) is 16.0 Å². The Morgan fingerprint density at radius 2 is 1.19 bits per heavy atom. The maximum Gasteiger partial charge on any atom is 0.354 e. The predicted molar refractivity (Wildman–Crippen MR) is 186 cm³/mol. The number of fused-ring (bicyclic) bond motifs is 2. The van der Waals surface area contributed by atoms with E-state index in [1.54, 1.807) is 24.5 Å². The topological polar surface area (TPSA) is 110 Å². The summed E-state index contributed by atoms with van der Waals surface area (Å²) in [6.07, 6.45) is 11.6. The molecule has 2 saturated heterocycles. The fourth-order valence-electron chi connectivity index (χ4n) is 6.70. The number of pyridine rings is 2. The van der Waals surface area contributed by atoms with E-state index in [9.17, 15) is 4.79 Å². The number of carboxylic acid groups (broad SMARTS) is 1. The number of carbonyl (C=O) groups is 1. The smallest absolute Gasteiger partial charge is 0.354 e. The SMILES string of the molecule is C.O=C(O)c1ccc(C2=CC3(CCNCC3)Oc3ccccc32)cn1.[C-]#[N+]c1ccc(C2=CC3(CCNCC3)Oc3ccccc32)cn1. The third-order valence-electron chi connectivity index (χ3n) is 9.16. The molecule has 4 aliphatic heterocycles. The van der Waals surface area contributed by atoms with E-state index in [2.05, 4.69) is 43.7 Å². The molecule has 0 aliphatic carbocycles. The van der Waals surface area contributed by atoms with Gasteiger partial charge < -0.3 is 30.1 Å². The second-order valence-electron chi connectivity index (χ2n) is 12.2. The number of benzene rings is 2.